The van der Waals surface area contributed by atoms with Crippen LogP contribution in [0.3, 0.4) is 0 Å². The van der Waals surface area contributed by atoms with E-state index in [1.807, 2.05) is 49.4 Å². The maximum absolute atomic E-state index is 11.9. The van der Waals surface area contributed by atoms with Crippen molar-refractivity contribution >= 4 is 48.9 Å². The molecule has 0 bridgehead atoms. The Morgan fingerprint density at radius 2 is 1.68 bits per heavy atom. The predicted octanol–water partition coefficient (Wildman–Crippen LogP) is 4.87. The highest BCUT2D eigenvalue weighted by atomic mass is 128. The lowest BCUT2D eigenvalue weighted by Gasteiger charge is -2.12. The van der Waals surface area contributed by atoms with Crippen LogP contribution in [0.4, 0.5) is 0 Å². The molecular weight excluding hydrogens is 548 g/mol. The molecule has 134 valence electrons. The Morgan fingerprint density at radius 1 is 1.04 bits per heavy atom. The van der Waals surface area contributed by atoms with Crippen LogP contribution in [0.5, 0.6) is 5.75 Å². The normalized spacial score (nSPS) is 10.4. The van der Waals surface area contributed by atoms with Gasteiger partial charge in [-0.3, -0.25) is 0 Å². The molecule has 2 rings (SSSR count). The van der Waals surface area contributed by atoms with E-state index in [-0.39, 0.29) is 5.71 Å². The van der Waals surface area contributed by atoms with Gasteiger partial charge in [-0.15, -0.1) is 0 Å². The van der Waals surface area contributed by atoms with Gasteiger partial charge in [0.25, 0.3) is 0 Å². The molecule has 5 nitrogen and oxygen atoms in total. The maximum Gasteiger partial charge on any atom is 0.360 e. The highest BCUT2D eigenvalue weighted by Crippen LogP contribution is 2.19. The summed E-state index contributed by atoms with van der Waals surface area (Å²) in [5, 5.41) is 3.78. The van der Waals surface area contributed by atoms with E-state index in [1.165, 1.54) is 14.2 Å². The standard InChI is InChI=1S/C18H19NO4.I2/c1-13-8-4-7-11-16(13)23-12-14-9-5-6-10-15(14)17(19-22-3)18(20)21-2;1-2/h4-11H,12H2,1-3H3;/b19-17-;. The molecule has 0 aromatic heterocycles. The van der Waals surface area contributed by atoms with E-state index in [9.17, 15) is 4.79 Å². The Kier molecular flexibility index (Phi) is 10.5. The summed E-state index contributed by atoms with van der Waals surface area (Å²) in [4.78, 5) is 16.7. The topological polar surface area (TPSA) is 57.1 Å². The molecule has 7 heteroatoms. The summed E-state index contributed by atoms with van der Waals surface area (Å²) in [6.45, 7) is 2.29. The molecule has 0 radical (unpaired) electrons. The van der Waals surface area contributed by atoms with E-state index in [1.54, 1.807) is 6.07 Å². The zero-order valence-electron chi connectivity index (χ0n) is 14.2. The number of esters is 1. The van der Waals surface area contributed by atoms with E-state index in [0.29, 0.717) is 12.2 Å². The second-order valence-corrected chi connectivity index (χ2v) is 4.83. The molecule has 2 aromatic rings. The average molecular weight is 567 g/mol. The van der Waals surface area contributed by atoms with E-state index >= 15 is 0 Å². The lowest BCUT2D eigenvalue weighted by atomic mass is 10.0. The zero-order chi connectivity index (χ0) is 18.7. The molecule has 0 aliphatic heterocycles. The molecule has 0 spiro atoms. The average Bonchev–Trinajstić information content (AvgIpc) is 2.67. The minimum atomic E-state index is -0.560. The number of hydrogen-bond acceptors (Lipinski definition) is 5. The Hall–Kier alpha value is -1.36. The number of carbonyl (C=O) groups excluding carboxylic acids is 1. The predicted molar refractivity (Wildman–Crippen MR) is 116 cm³/mol. The first-order chi connectivity index (χ1) is 12.2. The largest absolute Gasteiger partial charge is 0.489 e. The number of methoxy groups -OCH3 is 1. The highest BCUT2D eigenvalue weighted by molar-refractivity contribution is 15.0. The Labute approximate surface area is 171 Å². The quantitative estimate of drug-likeness (QED) is 0.217. The number of nitrogens with zero attached hydrogens (tertiary/aromatic N) is 1. The van der Waals surface area contributed by atoms with Gasteiger partial charge in [-0.1, -0.05) is 47.6 Å². The fourth-order valence-electron chi connectivity index (χ4n) is 2.14. The van der Waals surface area contributed by atoms with Gasteiger partial charge in [-0.2, -0.15) is 0 Å². The number of rotatable bonds is 6. The summed E-state index contributed by atoms with van der Waals surface area (Å²) in [6, 6.07) is 15.1. The van der Waals surface area contributed by atoms with Gasteiger partial charge in [-0.25, -0.2) is 4.79 Å². The number of benzene rings is 2. The molecule has 0 atom stereocenters. The molecule has 0 aliphatic rings. The summed E-state index contributed by atoms with van der Waals surface area (Å²) in [5.41, 5.74) is 2.59. The second-order valence-electron chi connectivity index (χ2n) is 4.83. The van der Waals surface area contributed by atoms with Crippen LogP contribution in [0, 0.1) is 6.92 Å². The first kappa shape index (κ1) is 21.7. The number of ether oxygens (including phenoxy) is 2. The van der Waals surface area contributed by atoms with E-state index in [4.69, 9.17) is 14.3 Å². The Morgan fingerprint density at radius 3 is 2.32 bits per heavy atom. The third-order valence-corrected chi connectivity index (χ3v) is 3.31. The van der Waals surface area contributed by atoms with Crippen LogP contribution in [-0.2, 0) is 21.0 Å². The van der Waals surface area contributed by atoms with Gasteiger partial charge in [0.15, 0.2) is 5.71 Å². The SMILES string of the molecule is CO/N=C(\C(=O)OC)c1ccccc1COc1ccccc1C.II. The summed E-state index contributed by atoms with van der Waals surface area (Å²) < 4.78 is 10.6. The van der Waals surface area contributed by atoms with Gasteiger partial charge >= 0.3 is 5.97 Å². The second kappa shape index (κ2) is 12.1. The maximum atomic E-state index is 11.9. The molecular formula is C18H19I2NO4. The van der Waals surface area contributed by atoms with Crippen molar-refractivity contribution in [2.24, 2.45) is 5.16 Å². The molecule has 0 saturated carbocycles. The van der Waals surface area contributed by atoms with Crippen LogP contribution < -0.4 is 4.74 Å². The fraction of sp³-hybridized carbons (Fsp3) is 0.222. The van der Waals surface area contributed by atoms with Crippen LogP contribution in [0.1, 0.15) is 16.7 Å². The van der Waals surface area contributed by atoms with Gasteiger partial charge in [0.2, 0.25) is 0 Å². The molecule has 0 N–H and O–H groups in total. The smallest absolute Gasteiger partial charge is 0.360 e. The lowest BCUT2D eigenvalue weighted by Crippen LogP contribution is -2.19. The number of aryl methyl sites for hydroxylation is 1. The molecule has 0 heterocycles. The van der Waals surface area contributed by atoms with Crippen LogP contribution in [-0.4, -0.2) is 25.9 Å². The Balaban J connectivity index is 0.00000151. The summed E-state index contributed by atoms with van der Waals surface area (Å²) in [7, 11) is 2.69. The van der Waals surface area contributed by atoms with Crippen LogP contribution in [0.2, 0.25) is 0 Å². The highest BCUT2D eigenvalue weighted by Gasteiger charge is 2.19. The van der Waals surface area contributed by atoms with E-state index < -0.39 is 5.97 Å². The van der Waals surface area contributed by atoms with Crippen molar-refractivity contribution in [2.45, 2.75) is 13.5 Å². The van der Waals surface area contributed by atoms with Gasteiger partial charge < -0.3 is 14.3 Å². The first-order valence-corrected chi connectivity index (χ1v) is 13.6. The molecule has 2 aromatic carbocycles. The molecule has 0 fully saturated rings. The molecule has 0 saturated heterocycles. The first-order valence-electron chi connectivity index (χ1n) is 7.27. The number of para-hydroxylation sites is 1. The van der Waals surface area contributed by atoms with Gasteiger partial charge in [0.05, 0.1) is 7.11 Å². The molecule has 0 unspecified atom stereocenters. The van der Waals surface area contributed by atoms with Crippen molar-refractivity contribution in [2.75, 3.05) is 14.2 Å². The van der Waals surface area contributed by atoms with Crippen molar-refractivity contribution < 1.29 is 19.1 Å². The summed E-state index contributed by atoms with van der Waals surface area (Å²) >= 11 is 4.24. The molecule has 25 heavy (non-hydrogen) atoms. The minimum Gasteiger partial charge on any atom is -0.489 e. The number of halogens is 2. The van der Waals surface area contributed by atoms with Gasteiger partial charge in [-0.05, 0) is 24.1 Å². The monoisotopic (exact) mass is 567 g/mol. The lowest BCUT2D eigenvalue weighted by molar-refractivity contribution is -0.132. The van der Waals surface area contributed by atoms with Crippen molar-refractivity contribution in [1.29, 1.82) is 0 Å². The molecule has 0 amide bonds. The number of hydrogen-bond donors (Lipinski definition) is 0. The number of oxime groups is 1. The summed E-state index contributed by atoms with van der Waals surface area (Å²) in [6.07, 6.45) is 0. The number of carbonyl (C=O) groups is 1. The fourth-order valence-corrected chi connectivity index (χ4v) is 2.14. The van der Waals surface area contributed by atoms with Crippen molar-refractivity contribution in [3.63, 3.8) is 0 Å². The van der Waals surface area contributed by atoms with Crippen LogP contribution >= 0.6 is 37.2 Å². The summed E-state index contributed by atoms with van der Waals surface area (Å²) in [5.74, 6) is 0.237. The van der Waals surface area contributed by atoms with Crippen LogP contribution in [0.25, 0.3) is 0 Å². The third kappa shape index (κ3) is 6.46. The van der Waals surface area contributed by atoms with E-state index in [0.717, 1.165) is 16.9 Å². The zero-order valence-corrected chi connectivity index (χ0v) is 18.5. The molecule has 0 aliphatic carbocycles. The van der Waals surface area contributed by atoms with Crippen molar-refractivity contribution in [3.05, 3.63) is 65.2 Å². The van der Waals surface area contributed by atoms with Crippen molar-refractivity contribution in [1.82, 2.24) is 0 Å². The van der Waals surface area contributed by atoms with E-state index in [2.05, 4.69) is 42.4 Å². The Bertz CT molecular complexity index is 720. The van der Waals surface area contributed by atoms with Crippen LogP contribution in [0.15, 0.2) is 53.7 Å². The third-order valence-electron chi connectivity index (χ3n) is 3.31. The van der Waals surface area contributed by atoms with Gasteiger partial charge in [0, 0.05) is 42.8 Å². The minimum absolute atomic E-state index is 0.110. The van der Waals surface area contributed by atoms with Crippen molar-refractivity contribution in [3.8, 4) is 5.75 Å². The van der Waals surface area contributed by atoms with Gasteiger partial charge in [0.1, 0.15) is 19.5 Å².